The minimum atomic E-state index is -4.89. The molecule has 0 aliphatic carbocycles. The number of pyridine rings is 2. The fourth-order valence-electron chi connectivity index (χ4n) is 2.54. The van der Waals surface area contributed by atoms with E-state index in [-0.39, 0.29) is 22.1 Å². The Balaban J connectivity index is 2.38. The molecule has 0 saturated heterocycles. The third kappa shape index (κ3) is 2.84. The van der Waals surface area contributed by atoms with Crippen LogP contribution in [0.5, 0.6) is 0 Å². The zero-order chi connectivity index (χ0) is 18.5. The maximum atomic E-state index is 13.1. The molecule has 0 bridgehead atoms. The lowest BCUT2D eigenvalue weighted by atomic mass is 10.0. The van der Waals surface area contributed by atoms with E-state index in [1.165, 1.54) is 25.1 Å². The van der Waals surface area contributed by atoms with E-state index in [0.29, 0.717) is 17.0 Å². The average molecular weight is 350 g/mol. The molecule has 0 spiro atoms. The predicted molar refractivity (Wildman–Crippen MR) is 80.7 cm³/mol. The second-order valence-electron chi connectivity index (χ2n) is 5.38. The number of aryl methyl sites for hydroxylation is 1. The van der Waals surface area contributed by atoms with Gasteiger partial charge in [-0.25, -0.2) is 19.6 Å². The number of hydrogen-bond acceptors (Lipinski definition) is 4. The van der Waals surface area contributed by atoms with E-state index in [0.717, 1.165) is 0 Å². The number of halogens is 3. The first-order valence-electron chi connectivity index (χ1n) is 6.88. The Morgan fingerprint density at radius 3 is 1.84 bits per heavy atom. The van der Waals surface area contributed by atoms with Gasteiger partial charge >= 0.3 is 18.1 Å². The topological polar surface area (TPSA) is 100 Å². The lowest BCUT2D eigenvalue weighted by Gasteiger charge is -2.12. The van der Waals surface area contributed by atoms with E-state index in [4.69, 9.17) is 10.2 Å². The van der Waals surface area contributed by atoms with Gasteiger partial charge in [0, 0.05) is 10.8 Å². The van der Waals surface area contributed by atoms with Crippen LogP contribution in [0.2, 0.25) is 0 Å². The third-order valence-electron chi connectivity index (χ3n) is 3.65. The highest BCUT2D eigenvalue weighted by molar-refractivity contribution is 5.99. The highest BCUT2D eigenvalue weighted by atomic mass is 19.4. The Morgan fingerprint density at radius 1 is 0.880 bits per heavy atom. The van der Waals surface area contributed by atoms with E-state index in [1.54, 1.807) is 0 Å². The summed E-state index contributed by atoms with van der Waals surface area (Å²) in [4.78, 5) is 29.8. The number of nitrogens with zero attached hydrogens (tertiary/aromatic N) is 2. The maximum Gasteiger partial charge on any atom is 0.418 e. The normalized spacial score (nSPS) is 11.8. The van der Waals surface area contributed by atoms with Crippen LogP contribution in [-0.4, -0.2) is 32.1 Å². The molecule has 0 saturated carbocycles. The summed E-state index contributed by atoms with van der Waals surface area (Å²) >= 11 is 0. The van der Waals surface area contributed by atoms with Crippen molar-refractivity contribution in [1.82, 2.24) is 9.97 Å². The molecule has 0 radical (unpaired) electrons. The number of rotatable bonds is 2. The summed E-state index contributed by atoms with van der Waals surface area (Å²) in [5, 5.41) is 18.6. The molecule has 1 aromatic carbocycles. The molecule has 0 amide bonds. The second-order valence-corrected chi connectivity index (χ2v) is 5.38. The van der Waals surface area contributed by atoms with Crippen molar-refractivity contribution in [1.29, 1.82) is 0 Å². The van der Waals surface area contributed by atoms with Crippen molar-refractivity contribution < 1.29 is 33.0 Å². The lowest BCUT2D eigenvalue weighted by Crippen LogP contribution is -2.15. The second kappa shape index (κ2) is 5.40. The average Bonchev–Trinajstić information content (AvgIpc) is 2.49. The van der Waals surface area contributed by atoms with E-state index < -0.39 is 29.4 Å². The minimum absolute atomic E-state index is 0.0116. The summed E-state index contributed by atoms with van der Waals surface area (Å²) in [5.74, 6) is -3.04. The molecule has 2 N–H and O–H groups in total. The number of benzene rings is 1. The van der Waals surface area contributed by atoms with Crippen molar-refractivity contribution in [2.75, 3.05) is 0 Å². The molecule has 2 heterocycles. The first-order valence-corrected chi connectivity index (χ1v) is 6.88. The summed E-state index contributed by atoms with van der Waals surface area (Å²) < 4.78 is 39.2. The van der Waals surface area contributed by atoms with Crippen LogP contribution in [0.15, 0.2) is 24.3 Å². The summed E-state index contributed by atoms with van der Waals surface area (Å²) in [7, 11) is 0. The van der Waals surface area contributed by atoms with Crippen molar-refractivity contribution in [2.24, 2.45) is 0 Å². The van der Waals surface area contributed by atoms with Gasteiger partial charge in [-0.1, -0.05) is 0 Å². The van der Waals surface area contributed by atoms with Crippen LogP contribution in [0.25, 0.3) is 21.8 Å². The Hall–Kier alpha value is -3.23. The Morgan fingerprint density at radius 2 is 1.36 bits per heavy atom. The van der Waals surface area contributed by atoms with Crippen LogP contribution < -0.4 is 0 Å². The molecular weight excluding hydrogens is 341 g/mol. The highest BCUT2D eigenvalue weighted by Crippen LogP contribution is 2.34. The first kappa shape index (κ1) is 16.6. The molecule has 0 atom stereocenters. The number of alkyl halides is 3. The number of hydrogen-bond donors (Lipinski definition) is 2. The smallest absolute Gasteiger partial charge is 0.418 e. The molecule has 128 valence electrons. The Bertz CT molecular complexity index is 1060. The first-order chi connectivity index (χ1) is 11.6. The SMILES string of the molecule is Cc1cc2cc3nc(C(=O)O)c(C(F)(F)F)cc3cc2nc1C(=O)O. The van der Waals surface area contributed by atoms with Gasteiger partial charge in [0.15, 0.2) is 11.4 Å². The number of carbonyl (C=O) groups is 2. The summed E-state index contributed by atoms with van der Waals surface area (Å²) in [5.41, 5.74) is -2.10. The standard InChI is InChI=1S/C16H9F3N2O4/c1-6-2-7-4-11-8(5-10(7)20-12(6)14(22)23)3-9(16(17,18)19)13(21-11)15(24)25/h2-5H,1H3,(H,22,23)(H,24,25). The summed E-state index contributed by atoms with van der Waals surface area (Å²) in [6.07, 6.45) is -4.89. The van der Waals surface area contributed by atoms with Gasteiger partial charge in [-0.15, -0.1) is 0 Å². The molecular formula is C16H9F3N2O4. The van der Waals surface area contributed by atoms with Gasteiger partial charge in [0.2, 0.25) is 0 Å². The van der Waals surface area contributed by atoms with Crippen molar-refractivity contribution >= 4 is 33.7 Å². The van der Waals surface area contributed by atoms with E-state index in [2.05, 4.69) is 9.97 Å². The van der Waals surface area contributed by atoms with Crippen molar-refractivity contribution in [3.05, 3.63) is 46.8 Å². The molecule has 2 aromatic heterocycles. The number of carboxylic acids is 2. The molecule has 0 aliphatic rings. The molecule has 3 rings (SSSR count). The van der Waals surface area contributed by atoms with Gasteiger partial charge in [-0.2, -0.15) is 13.2 Å². The molecule has 6 nitrogen and oxygen atoms in total. The van der Waals surface area contributed by atoms with Gasteiger partial charge in [0.1, 0.15) is 0 Å². The van der Waals surface area contributed by atoms with Gasteiger partial charge in [0.25, 0.3) is 0 Å². The predicted octanol–water partition coefficient (Wildman–Crippen LogP) is 3.51. The van der Waals surface area contributed by atoms with Crippen LogP contribution in [0.3, 0.4) is 0 Å². The number of aromatic carboxylic acids is 2. The quantitative estimate of drug-likeness (QED) is 0.686. The van der Waals surface area contributed by atoms with Gasteiger partial charge in [-0.3, -0.25) is 0 Å². The van der Waals surface area contributed by atoms with Gasteiger partial charge in [-0.05, 0) is 36.8 Å². The van der Waals surface area contributed by atoms with Crippen LogP contribution in [-0.2, 0) is 6.18 Å². The van der Waals surface area contributed by atoms with Crippen molar-refractivity contribution in [2.45, 2.75) is 13.1 Å². The molecule has 0 unspecified atom stereocenters. The molecule has 0 aliphatic heterocycles. The Labute approximate surface area is 137 Å². The summed E-state index contributed by atoms with van der Waals surface area (Å²) in [6.45, 7) is 1.53. The van der Waals surface area contributed by atoms with Crippen molar-refractivity contribution in [3.63, 3.8) is 0 Å². The fraction of sp³-hybridized carbons (Fsp3) is 0.125. The van der Waals surface area contributed by atoms with E-state index >= 15 is 0 Å². The van der Waals surface area contributed by atoms with E-state index in [9.17, 15) is 22.8 Å². The number of fused-ring (bicyclic) bond motifs is 2. The zero-order valence-electron chi connectivity index (χ0n) is 12.5. The largest absolute Gasteiger partial charge is 0.477 e. The zero-order valence-corrected chi connectivity index (χ0v) is 12.5. The minimum Gasteiger partial charge on any atom is -0.477 e. The highest BCUT2D eigenvalue weighted by Gasteiger charge is 2.36. The van der Waals surface area contributed by atoms with E-state index in [1.807, 2.05) is 0 Å². The number of carboxylic acid groups (broad SMARTS) is 2. The van der Waals surface area contributed by atoms with Crippen LogP contribution >= 0.6 is 0 Å². The van der Waals surface area contributed by atoms with Crippen LogP contribution in [0.1, 0.15) is 32.1 Å². The van der Waals surface area contributed by atoms with Crippen LogP contribution in [0.4, 0.5) is 13.2 Å². The lowest BCUT2D eigenvalue weighted by molar-refractivity contribution is -0.138. The molecule has 25 heavy (non-hydrogen) atoms. The maximum absolute atomic E-state index is 13.1. The molecule has 0 fully saturated rings. The van der Waals surface area contributed by atoms with Crippen molar-refractivity contribution in [3.8, 4) is 0 Å². The third-order valence-corrected chi connectivity index (χ3v) is 3.65. The molecule has 9 heteroatoms. The Kier molecular flexibility index (Phi) is 3.59. The monoisotopic (exact) mass is 350 g/mol. The van der Waals surface area contributed by atoms with Gasteiger partial charge in [0.05, 0.1) is 16.6 Å². The summed E-state index contributed by atoms with van der Waals surface area (Å²) in [6, 6.07) is 4.81. The fourth-order valence-corrected chi connectivity index (χ4v) is 2.54. The van der Waals surface area contributed by atoms with Crippen LogP contribution in [0, 0.1) is 6.92 Å². The number of aromatic nitrogens is 2. The molecule has 3 aromatic rings. The van der Waals surface area contributed by atoms with Gasteiger partial charge < -0.3 is 10.2 Å².